The predicted octanol–water partition coefficient (Wildman–Crippen LogP) is 4.92. The van der Waals surface area contributed by atoms with E-state index < -0.39 is 49.4 Å². The minimum absolute atomic E-state index is 0.141. The van der Waals surface area contributed by atoms with E-state index >= 15 is 0 Å². The number of hydrogen-bond donors (Lipinski definition) is 0. The second kappa shape index (κ2) is 8.57. The van der Waals surface area contributed by atoms with Crippen molar-refractivity contribution in [2.75, 3.05) is 7.11 Å². The van der Waals surface area contributed by atoms with E-state index in [4.69, 9.17) is 13.3 Å². The van der Waals surface area contributed by atoms with Crippen molar-refractivity contribution < 1.29 is 35.2 Å². The highest BCUT2D eigenvalue weighted by atomic mass is 28.4. The van der Waals surface area contributed by atoms with Gasteiger partial charge in [0.1, 0.15) is 0 Å². The molecule has 0 aliphatic rings. The van der Waals surface area contributed by atoms with Crippen molar-refractivity contribution in [3.63, 3.8) is 0 Å². The van der Waals surface area contributed by atoms with Crippen molar-refractivity contribution in [1.29, 1.82) is 0 Å². The normalized spacial score (nSPS) is 13.8. The topological polar surface area (TPSA) is 27.7 Å². The van der Waals surface area contributed by atoms with Crippen LogP contribution in [-0.4, -0.2) is 28.1 Å². The van der Waals surface area contributed by atoms with Crippen LogP contribution in [0.4, 0.5) is 22.0 Å². The molecule has 0 saturated heterocycles. The fourth-order valence-electron chi connectivity index (χ4n) is 2.55. The fraction of sp³-hybridized carbons (Fsp3) is 0.625. The van der Waals surface area contributed by atoms with Crippen LogP contribution in [0.5, 0.6) is 0 Å². The molecule has 3 nitrogen and oxygen atoms in total. The second-order valence-electron chi connectivity index (χ2n) is 6.31. The molecule has 0 radical (unpaired) electrons. The van der Waals surface area contributed by atoms with Crippen LogP contribution < -0.4 is 0 Å². The van der Waals surface area contributed by atoms with Crippen LogP contribution in [-0.2, 0) is 13.3 Å². The minimum Gasteiger partial charge on any atom is -0.377 e. The van der Waals surface area contributed by atoms with Crippen molar-refractivity contribution in [2.24, 2.45) is 0 Å². The van der Waals surface area contributed by atoms with E-state index in [0.29, 0.717) is 0 Å². The van der Waals surface area contributed by atoms with Crippen LogP contribution in [0.1, 0.15) is 46.1 Å². The Morgan fingerprint density at radius 1 is 0.720 bits per heavy atom. The number of hydrogen-bond acceptors (Lipinski definition) is 3. The van der Waals surface area contributed by atoms with Crippen molar-refractivity contribution in [3.8, 4) is 0 Å². The van der Waals surface area contributed by atoms with Crippen LogP contribution in [0, 0.1) is 29.1 Å². The SMILES string of the molecule is CO[Si](CC(C)c1c(F)c(F)c(F)c(F)c1F)(OC(C)C)OC(C)C. The van der Waals surface area contributed by atoms with Crippen molar-refractivity contribution in [3.05, 3.63) is 34.6 Å². The largest absolute Gasteiger partial charge is 0.501 e. The third-order valence-electron chi connectivity index (χ3n) is 3.43. The average molecular weight is 386 g/mol. The number of halogens is 5. The Morgan fingerprint density at radius 3 is 1.40 bits per heavy atom. The van der Waals surface area contributed by atoms with Gasteiger partial charge >= 0.3 is 8.80 Å². The molecule has 25 heavy (non-hydrogen) atoms. The molecule has 0 spiro atoms. The molecule has 0 saturated carbocycles. The highest BCUT2D eigenvalue weighted by Crippen LogP contribution is 2.35. The zero-order valence-corrected chi connectivity index (χ0v) is 16.1. The average Bonchev–Trinajstić information content (AvgIpc) is 2.49. The van der Waals surface area contributed by atoms with E-state index in [-0.39, 0.29) is 18.3 Å². The Balaban J connectivity index is 3.31. The second-order valence-corrected chi connectivity index (χ2v) is 8.96. The van der Waals surface area contributed by atoms with E-state index in [2.05, 4.69) is 0 Å². The van der Waals surface area contributed by atoms with Gasteiger partial charge in [-0.05, 0) is 33.6 Å². The monoisotopic (exact) mass is 386 g/mol. The van der Waals surface area contributed by atoms with Crippen LogP contribution in [0.15, 0.2) is 0 Å². The lowest BCUT2D eigenvalue weighted by molar-refractivity contribution is 0.0315. The molecule has 1 atom stereocenters. The predicted molar refractivity (Wildman–Crippen MR) is 84.7 cm³/mol. The van der Waals surface area contributed by atoms with Gasteiger partial charge in [0.25, 0.3) is 0 Å². The van der Waals surface area contributed by atoms with Crippen LogP contribution in [0.25, 0.3) is 0 Å². The third-order valence-corrected chi connectivity index (χ3v) is 6.83. The fourth-order valence-corrected chi connectivity index (χ4v) is 5.55. The maximum absolute atomic E-state index is 14.0. The molecule has 0 bridgehead atoms. The van der Waals surface area contributed by atoms with E-state index in [1.807, 2.05) is 0 Å². The maximum atomic E-state index is 14.0. The number of rotatable bonds is 8. The molecule has 0 heterocycles. The van der Waals surface area contributed by atoms with E-state index in [0.717, 1.165) is 0 Å². The summed E-state index contributed by atoms with van der Waals surface area (Å²) in [5, 5.41) is 0. The van der Waals surface area contributed by atoms with Gasteiger partial charge in [-0.2, -0.15) is 0 Å². The van der Waals surface area contributed by atoms with Crippen LogP contribution in [0.2, 0.25) is 6.04 Å². The Morgan fingerprint density at radius 2 is 1.08 bits per heavy atom. The summed E-state index contributed by atoms with van der Waals surface area (Å²) in [6, 6.07) is -0.141. The molecule has 144 valence electrons. The molecule has 0 amide bonds. The summed E-state index contributed by atoms with van der Waals surface area (Å²) in [4.78, 5) is 0. The van der Waals surface area contributed by atoms with Gasteiger partial charge in [-0.15, -0.1) is 0 Å². The van der Waals surface area contributed by atoms with Crippen molar-refractivity contribution in [2.45, 2.75) is 58.8 Å². The molecule has 1 rings (SSSR count). The smallest absolute Gasteiger partial charge is 0.377 e. The molecule has 0 aliphatic heterocycles. The van der Waals surface area contributed by atoms with Gasteiger partial charge in [0.2, 0.25) is 5.82 Å². The molecule has 0 aromatic heterocycles. The summed E-state index contributed by atoms with van der Waals surface area (Å²) in [7, 11) is -2.07. The first kappa shape index (κ1) is 22.0. The van der Waals surface area contributed by atoms with Crippen LogP contribution >= 0.6 is 0 Å². The van der Waals surface area contributed by atoms with Crippen molar-refractivity contribution in [1.82, 2.24) is 0 Å². The molecule has 0 aliphatic carbocycles. The lowest BCUT2D eigenvalue weighted by atomic mass is 10.0. The first-order valence-electron chi connectivity index (χ1n) is 7.87. The van der Waals surface area contributed by atoms with Gasteiger partial charge < -0.3 is 13.3 Å². The summed E-state index contributed by atoms with van der Waals surface area (Å²) in [6.07, 6.45) is -0.622. The molecular formula is C16H23F5O3Si. The van der Waals surface area contributed by atoms with E-state index in [1.165, 1.54) is 14.0 Å². The molecule has 0 fully saturated rings. The quantitative estimate of drug-likeness (QED) is 0.275. The summed E-state index contributed by atoms with van der Waals surface area (Å²) in [5.41, 5.74) is -0.898. The summed E-state index contributed by atoms with van der Waals surface area (Å²) >= 11 is 0. The minimum atomic E-state index is -3.41. The first-order chi connectivity index (χ1) is 11.5. The number of benzene rings is 1. The Bertz CT molecular complexity index is 571. The van der Waals surface area contributed by atoms with Gasteiger partial charge in [0, 0.05) is 30.9 Å². The van der Waals surface area contributed by atoms with Gasteiger partial charge in [0.05, 0.1) is 0 Å². The Labute approximate surface area is 145 Å². The van der Waals surface area contributed by atoms with Gasteiger partial charge in [-0.3, -0.25) is 0 Å². The molecule has 1 aromatic rings. The molecule has 0 N–H and O–H groups in total. The van der Waals surface area contributed by atoms with Crippen molar-refractivity contribution >= 4 is 8.80 Å². The van der Waals surface area contributed by atoms with E-state index in [1.54, 1.807) is 27.7 Å². The highest BCUT2D eigenvalue weighted by Gasteiger charge is 2.45. The summed E-state index contributed by atoms with van der Waals surface area (Å²) in [5.74, 6) is -10.9. The lowest BCUT2D eigenvalue weighted by Gasteiger charge is -2.33. The zero-order valence-electron chi connectivity index (χ0n) is 15.1. The zero-order chi connectivity index (χ0) is 19.5. The highest BCUT2D eigenvalue weighted by molar-refractivity contribution is 6.61. The summed E-state index contributed by atoms with van der Waals surface area (Å²) < 4.78 is 85.1. The standard InChI is InChI=1S/C16H23F5O3Si/c1-8(2)23-25(22-6,24-9(3)4)7-10(5)11-12(17)14(19)16(21)15(20)13(11)18/h8-10H,7H2,1-6H3. The lowest BCUT2D eigenvalue weighted by Crippen LogP contribution is -2.49. The van der Waals surface area contributed by atoms with E-state index in [9.17, 15) is 22.0 Å². The first-order valence-corrected chi connectivity index (χ1v) is 9.81. The molecular weight excluding hydrogens is 363 g/mol. The molecule has 1 aromatic carbocycles. The van der Waals surface area contributed by atoms with Gasteiger partial charge in [0.15, 0.2) is 23.3 Å². The Kier molecular flexibility index (Phi) is 7.54. The third kappa shape index (κ3) is 4.99. The van der Waals surface area contributed by atoms with Gasteiger partial charge in [-0.1, -0.05) is 6.92 Å². The van der Waals surface area contributed by atoms with Gasteiger partial charge in [-0.25, -0.2) is 22.0 Å². The summed E-state index contributed by atoms with van der Waals surface area (Å²) in [6.45, 7) is 8.26. The molecule has 9 heteroatoms. The van der Waals surface area contributed by atoms with Crippen LogP contribution in [0.3, 0.4) is 0 Å². The Hall–Kier alpha value is -1.03. The maximum Gasteiger partial charge on any atom is 0.501 e. The molecule has 1 unspecified atom stereocenters.